The molecule has 8 heteroatoms. The highest BCUT2D eigenvalue weighted by Gasteiger charge is 2.23. The van der Waals surface area contributed by atoms with Crippen molar-refractivity contribution in [1.82, 2.24) is 19.7 Å². The van der Waals surface area contributed by atoms with Gasteiger partial charge in [-0.3, -0.25) is 10.1 Å². The molecule has 0 saturated heterocycles. The molecule has 1 aliphatic rings. The second-order valence-corrected chi connectivity index (χ2v) is 6.69. The predicted octanol–water partition coefficient (Wildman–Crippen LogP) is 3.35. The van der Waals surface area contributed by atoms with E-state index in [1.165, 1.54) is 11.3 Å². The van der Waals surface area contributed by atoms with E-state index >= 15 is 0 Å². The van der Waals surface area contributed by atoms with Crippen LogP contribution in [0.2, 0.25) is 0 Å². The second kappa shape index (κ2) is 5.52. The molecule has 1 N–H and O–H groups in total. The number of nitrogens with zero attached hydrogens (tertiary/aromatic N) is 4. The van der Waals surface area contributed by atoms with Crippen LogP contribution in [0.5, 0.6) is 0 Å². The number of thiazole rings is 1. The van der Waals surface area contributed by atoms with Crippen molar-refractivity contribution in [3.05, 3.63) is 47.4 Å². The van der Waals surface area contributed by atoms with Crippen LogP contribution >= 0.6 is 11.3 Å². The van der Waals surface area contributed by atoms with Gasteiger partial charge in [0.2, 0.25) is 5.82 Å². The molecule has 5 rings (SSSR count). The number of fused-ring (bicyclic) bond motifs is 2. The molecular formula is C17H13N5O2S. The Bertz CT molecular complexity index is 1060. The molecule has 1 amide bonds. The Morgan fingerprint density at radius 3 is 3.12 bits per heavy atom. The van der Waals surface area contributed by atoms with E-state index in [1.54, 1.807) is 0 Å². The smallest absolute Gasteiger partial charge is 0.295 e. The summed E-state index contributed by atoms with van der Waals surface area (Å²) in [5, 5.41) is 14.2. The molecule has 1 aliphatic heterocycles. The summed E-state index contributed by atoms with van der Waals surface area (Å²) in [6, 6.07) is 9.75. The van der Waals surface area contributed by atoms with Gasteiger partial charge in [0.25, 0.3) is 5.91 Å². The molecule has 0 atom stereocenters. The van der Waals surface area contributed by atoms with Crippen LogP contribution in [-0.4, -0.2) is 25.7 Å². The largest absolute Gasteiger partial charge is 0.454 e. The lowest BCUT2D eigenvalue weighted by Gasteiger charge is -2.02. The highest BCUT2D eigenvalue weighted by molar-refractivity contribution is 7.14. The van der Waals surface area contributed by atoms with E-state index in [0.29, 0.717) is 22.4 Å². The molecule has 7 nitrogen and oxygen atoms in total. The summed E-state index contributed by atoms with van der Waals surface area (Å²) in [5.41, 5.74) is 1.51. The molecule has 3 aromatic heterocycles. The van der Waals surface area contributed by atoms with E-state index in [2.05, 4.69) is 20.5 Å². The Hall–Kier alpha value is -3.00. The first-order valence-corrected chi connectivity index (χ1v) is 8.84. The Labute approximate surface area is 146 Å². The molecule has 124 valence electrons. The molecule has 4 heterocycles. The lowest BCUT2D eigenvalue weighted by Crippen LogP contribution is -2.17. The topological polar surface area (TPSA) is 85.8 Å². The van der Waals surface area contributed by atoms with Gasteiger partial charge in [-0.05, 0) is 18.6 Å². The quantitative estimate of drug-likeness (QED) is 0.612. The van der Waals surface area contributed by atoms with E-state index in [-0.39, 0.29) is 5.91 Å². The van der Waals surface area contributed by atoms with Gasteiger partial charge in [-0.25, -0.2) is 4.98 Å². The van der Waals surface area contributed by atoms with Crippen molar-refractivity contribution in [3.8, 4) is 11.5 Å². The zero-order valence-electron chi connectivity index (χ0n) is 13.1. The fourth-order valence-electron chi connectivity index (χ4n) is 3.02. The second-order valence-electron chi connectivity index (χ2n) is 5.84. The Kier molecular flexibility index (Phi) is 3.17. The lowest BCUT2D eigenvalue weighted by molar-refractivity contribution is 0.101. The number of furan rings is 1. The number of carbonyl (C=O) groups excluding carboxylic acids is 1. The summed E-state index contributed by atoms with van der Waals surface area (Å²) in [5.74, 6) is 1.60. The van der Waals surface area contributed by atoms with Crippen LogP contribution < -0.4 is 5.32 Å². The van der Waals surface area contributed by atoms with Crippen LogP contribution in [0.4, 0.5) is 5.13 Å². The van der Waals surface area contributed by atoms with Crippen LogP contribution in [0.3, 0.4) is 0 Å². The fourth-order valence-corrected chi connectivity index (χ4v) is 3.72. The number of aryl methyl sites for hydroxylation is 1. The monoisotopic (exact) mass is 351 g/mol. The molecule has 4 aromatic rings. The zero-order chi connectivity index (χ0) is 16.8. The molecule has 0 aliphatic carbocycles. The van der Waals surface area contributed by atoms with Crippen LogP contribution in [0.15, 0.2) is 40.1 Å². The SMILES string of the molecule is O=C(Nc1nc(-c2cc3ccccc3o2)cs1)c1nnc2n1CCC2. The van der Waals surface area contributed by atoms with E-state index < -0.39 is 0 Å². The molecule has 0 bridgehead atoms. The van der Waals surface area contributed by atoms with Gasteiger partial charge in [-0.15, -0.1) is 21.5 Å². The summed E-state index contributed by atoms with van der Waals surface area (Å²) in [7, 11) is 0. The van der Waals surface area contributed by atoms with Crippen LogP contribution in [-0.2, 0) is 13.0 Å². The zero-order valence-corrected chi connectivity index (χ0v) is 13.9. The number of rotatable bonds is 3. The molecule has 1 aromatic carbocycles. The van der Waals surface area contributed by atoms with Crippen molar-refractivity contribution in [2.24, 2.45) is 0 Å². The van der Waals surface area contributed by atoms with Gasteiger partial charge >= 0.3 is 0 Å². The Morgan fingerprint density at radius 2 is 2.20 bits per heavy atom. The third-order valence-corrected chi connectivity index (χ3v) is 4.97. The molecule has 0 spiro atoms. The molecule has 0 unspecified atom stereocenters. The summed E-state index contributed by atoms with van der Waals surface area (Å²) >= 11 is 1.35. The van der Waals surface area contributed by atoms with Gasteiger partial charge in [-0.2, -0.15) is 0 Å². The summed E-state index contributed by atoms with van der Waals surface area (Å²) < 4.78 is 7.67. The number of benzene rings is 1. The van der Waals surface area contributed by atoms with Crippen LogP contribution in [0.25, 0.3) is 22.4 Å². The summed E-state index contributed by atoms with van der Waals surface area (Å²) in [4.78, 5) is 16.9. The first-order valence-electron chi connectivity index (χ1n) is 7.96. The molecule has 0 radical (unpaired) electrons. The van der Waals surface area contributed by atoms with Gasteiger partial charge in [0.05, 0.1) is 0 Å². The first kappa shape index (κ1) is 14.4. The minimum absolute atomic E-state index is 0.286. The molecule has 0 saturated carbocycles. The Morgan fingerprint density at radius 1 is 1.28 bits per heavy atom. The van der Waals surface area contributed by atoms with E-state index in [9.17, 15) is 4.79 Å². The number of amides is 1. The third-order valence-electron chi connectivity index (χ3n) is 4.22. The van der Waals surface area contributed by atoms with E-state index in [4.69, 9.17) is 4.42 Å². The van der Waals surface area contributed by atoms with Gasteiger partial charge in [0, 0.05) is 23.7 Å². The highest BCUT2D eigenvalue weighted by Crippen LogP contribution is 2.30. The van der Waals surface area contributed by atoms with Crippen molar-refractivity contribution in [2.75, 3.05) is 5.32 Å². The van der Waals surface area contributed by atoms with Crippen LogP contribution in [0.1, 0.15) is 22.9 Å². The number of aromatic nitrogens is 4. The highest BCUT2D eigenvalue weighted by atomic mass is 32.1. The lowest BCUT2D eigenvalue weighted by atomic mass is 10.2. The van der Waals surface area contributed by atoms with Crippen molar-refractivity contribution in [1.29, 1.82) is 0 Å². The summed E-state index contributed by atoms with van der Waals surface area (Å²) in [6.45, 7) is 0.785. The normalized spacial score (nSPS) is 13.3. The number of nitrogens with one attached hydrogen (secondary N) is 1. The first-order chi connectivity index (χ1) is 12.3. The van der Waals surface area contributed by atoms with Crippen LogP contribution in [0, 0.1) is 0 Å². The predicted molar refractivity (Wildman–Crippen MR) is 93.6 cm³/mol. The fraction of sp³-hybridized carbons (Fsp3) is 0.176. The number of carbonyl (C=O) groups is 1. The van der Waals surface area contributed by atoms with Gasteiger partial charge in [0.1, 0.15) is 17.1 Å². The standard InChI is InChI=1S/C17H13N5O2S/c23-16(15-21-20-14-6-3-7-22(14)15)19-17-18-11(9-25-17)13-8-10-4-1-2-5-12(10)24-13/h1-2,4-5,8-9H,3,6-7H2,(H,18,19,23). The maximum Gasteiger partial charge on any atom is 0.295 e. The third kappa shape index (κ3) is 2.42. The molecule has 25 heavy (non-hydrogen) atoms. The molecular weight excluding hydrogens is 338 g/mol. The van der Waals surface area contributed by atoms with Gasteiger partial charge < -0.3 is 8.98 Å². The van der Waals surface area contributed by atoms with Crippen molar-refractivity contribution in [3.63, 3.8) is 0 Å². The minimum atomic E-state index is -0.286. The Balaban J connectivity index is 1.40. The number of para-hydroxylation sites is 1. The minimum Gasteiger partial charge on any atom is -0.454 e. The maximum atomic E-state index is 12.4. The van der Waals surface area contributed by atoms with Gasteiger partial charge in [0.15, 0.2) is 10.9 Å². The van der Waals surface area contributed by atoms with E-state index in [1.807, 2.05) is 40.3 Å². The molecule has 0 fully saturated rings. The van der Waals surface area contributed by atoms with Crippen molar-refractivity contribution >= 4 is 33.3 Å². The number of hydrogen-bond acceptors (Lipinski definition) is 6. The maximum absolute atomic E-state index is 12.4. The number of anilines is 1. The average molecular weight is 351 g/mol. The van der Waals surface area contributed by atoms with E-state index in [0.717, 1.165) is 36.2 Å². The number of hydrogen-bond donors (Lipinski definition) is 1. The van der Waals surface area contributed by atoms with Crippen molar-refractivity contribution < 1.29 is 9.21 Å². The average Bonchev–Trinajstić information content (AvgIpc) is 3.36. The van der Waals surface area contributed by atoms with Crippen molar-refractivity contribution in [2.45, 2.75) is 19.4 Å². The summed E-state index contributed by atoms with van der Waals surface area (Å²) in [6.07, 6.45) is 1.87. The van der Waals surface area contributed by atoms with Gasteiger partial charge in [-0.1, -0.05) is 18.2 Å².